The molecule has 0 bridgehead atoms. The Bertz CT molecular complexity index is 956. The van der Waals surface area contributed by atoms with Gasteiger partial charge in [0.2, 0.25) is 5.91 Å². The van der Waals surface area contributed by atoms with Crippen LogP contribution in [0.3, 0.4) is 0 Å². The summed E-state index contributed by atoms with van der Waals surface area (Å²) in [5.41, 5.74) is 1.32. The van der Waals surface area contributed by atoms with Gasteiger partial charge >= 0.3 is 0 Å². The lowest BCUT2D eigenvalue weighted by atomic mass is 10.1. The molecule has 2 N–H and O–H groups in total. The van der Waals surface area contributed by atoms with Gasteiger partial charge in [-0.1, -0.05) is 24.3 Å². The summed E-state index contributed by atoms with van der Waals surface area (Å²) < 4.78 is 0. The smallest absolute Gasteiger partial charge is 0.270 e. The first-order valence-corrected chi connectivity index (χ1v) is 8.54. The van der Waals surface area contributed by atoms with Crippen LogP contribution < -0.4 is 10.6 Å². The predicted octanol–water partition coefficient (Wildman–Crippen LogP) is 2.82. The van der Waals surface area contributed by atoms with E-state index >= 15 is 0 Å². The average Bonchev–Trinajstić information content (AvgIpc) is 2.66. The SMILES string of the molecule is CN(C)C(=O)c1ccccc1NC(=S)NC(=O)/C=C/c1cccc([N+](=O)[O-])c1. The number of amides is 2. The van der Waals surface area contributed by atoms with Gasteiger partial charge in [-0.05, 0) is 36.0 Å². The van der Waals surface area contributed by atoms with E-state index in [2.05, 4.69) is 10.6 Å². The first-order valence-electron chi connectivity index (χ1n) is 8.13. The van der Waals surface area contributed by atoms with Crippen LogP contribution >= 0.6 is 12.2 Å². The van der Waals surface area contributed by atoms with Crippen molar-refractivity contribution in [1.82, 2.24) is 10.2 Å². The molecule has 2 aromatic carbocycles. The van der Waals surface area contributed by atoms with Crippen LogP contribution in [0.5, 0.6) is 0 Å². The van der Waals surface area contributed by atoms with Crippen LogP contribution in [0.1, 0.15) is 15.9 Å². The highest BCUT2D eigenvalue weighted by molar-refractivity contribution is 7.80. The minimum atomic E-state index is -0.513. The second kappa shape index (κ2) is 9.38. The minimum absolute atomic E-state index is 0.0210. The Kier molecular flexibility index (Phi) is 6.94. The molecule has 2 amide bonds. The summed E-state index contributed by atoms with van der Waals surface area (Å²) in [5.74, 6) is -0.719. The van der Waals surface area contributed by atoms with E-state index in [-0.39, 0.29) is 16.7 Å². The number of thiocarbonyl (C=S) groups is 1. The van der Waals surface area contributed by atoms with Crippen molar-refractivity contribution in [3.8, 4) is 0 Å². The van der Waals surface area contributed by atoms with Crippen LogP contribution in [0.2, 0.25) is 0 Å². The number of hydrogen-bond acceptors (Lipinski definition) is 5. The fraction of sp³-hybridized carbons (Fsp3) is 0.105. The third-order valence-electron chi connectivity index (χ3n) is 3.56. The van der Waals surface area contributed by atoms with Gasteiger partial charge in [-0.15, -0.1) is 0 Å². The lowest BCUT2D eigenvalue weighted by molar-refractivity contribution is -0.384. The van der Waals surface area contributed by atoms with Gasteiger partial charge in [-0.2, -0.15) is 0 Å². The molecular weight excluding hydrogens is 380 g/mol. The van der Waals surface area contributed by atoms with Crippen molar-refractivity contribution in [1.29, 1.82) is 0 Å². The highest BCUT2D eigenvalue weighted by atomic mass is 32.1. The molecule has 9 heteroatoms. The largest absolute Gasteiger partial charge is 0.345 e. The topological polar surface area (TPSA) is 105 Å². The van der Waals surface area contributed by atoms with Gasteiger partial charge < -0.3 is 10.2 Å². The molecule has 2 rings (SSSR count). The van der Waals surface area contributed by atoms with Crippen molar-refractivity contribution in [2.75, 3.05) is 19.4 Å². The van der Waals surface area contributed by atoms with Crippen LogP contribution in [-0.2, 0) is 4.79 Å². The molecule has 0 aliphatic heterocycles. The van der Waals surface area contributed by atoms with Crippen LogP contribution in [-0.4, -0.2) is 40.8 Å². The quantitative estimate of drug-likeness (QED) is 0.347. The zero-order valence-corrected chi connectivity index (χ0v) is 16.0. The van der Waals surface area contributed by atoms with Crippen LogP contribution in [0.4, 0.5) is 11.4 Å². The van der Waals surface area contributed by atoms with E-state index in [9.17, 15) is 19.7 Å². The standard InChI is InChI=1S/C19H18N4O4S/c1-22(2)18(25)15-8-3-4-9-16(15)20-19(28)21-17(24)11-10-13-6-5-7-14(12-13)23(26)27/h3-12H,1-2H3,(H2,20,21,24,28)/b11-10+. The number of carbonyl (C=O) groups is 2. The maximum absolute atomic E-state index is 12.2. The average molecular weight is 398 g/mol. The summed E-state index contributed by atoms with van der Waals surface area (Å²) in [6, 6.07) is 12.7. The number of rotatable bonds is 5. The summed E-state index contributed by atoms with van der Waals surface area (Å²) in [6.07, 6.45) is 2.65. The number of nitrogens with zero attached hydrogens (tertiary/aromatic N) is 2. The number of nitro benzene ring substituents is 1. The number of para-hydroxylation sites is 1. The van der Waals surface area contributed by atoms with Crippen LogP contribution in [0.15, 0.2) is 54.6 Å². The Hall–Kier alpha value is -3.59. The number of hydrogen-bond donors (Lipinski definition) is 2. The normalized spacial score (nSPS) is 10.4. The first kappa shape index (κ1) is 20.7. The van der Waals surface area contributed by atoms with E-state index in [1.54, 1.807) is 44.4 Å². The van der Waals surface area contributed by atoms with Crippen molar-refractivity contribution < 1.29 is 14.5 Å². The highest BCUT2D eigenvalue weighted by Crippen LogP contribution is 2.16. The molecule has 0 unspecified atom stereocenters. The molecule has 0 aliphatic rings. The van der Waals surface area contributed by atoms with E-state index in [1.807, 2.05) is 0 Å². The van der Waals surface area contributed by atoms with Crippen LogP contribution in [0, 0.1) is 10.1 Å². The van der Waals surface area contributed by atoms with Crippen molar-refractivity contribution in [3.05, 3.63) is 75.8 Å². The fourth-order valence-corrected chi connectivity index (χ4v) is 2.45. The molecule has 2 aromatic rings. The molecule has 144 valence electrons. The third kappa shape index (κ3) is 5.71. The Morgan fingerprint density at radius 1 is 1.14 bits per heavy atom. The lowest BCUT2D eigenvalue weighted by Crippen LogP contribution is -2.33. The van der Waals surface area contributed by atoms with Gasteiger partial charge in [0.25, 0.3) is 11.6 Å². The molecule has 0 saturated carbocycles. The van der Waals surface area contributed by atoms with Gasteiger partial charge in [0.1, 0.15) is 0 Å². The van der Waals surface area contributed by atoms with Crippen molar-refractivity contribution >= 4 is 46.6 Å². The molecule has 8 nitrogen and oxygen atoms in total. The van der Waals surface area contributed by atoms with E-state index < -0.39 is 10.8 Å². The van der Waals surface area contributed by atoms with Crippen molar-refractivity contribution in [2.45, 2.75) is 0 Å². The number of anilines is 1. The zero-order chi connectivity index (χ0) is 20.7. The van der Waals surface area contributed by atoms with Gasteiger partial charge in [0.05, 0.1) is 16.2 Å². The maximum Gasteiger partial charge on any atom is 0.270 e. The van der Waals surface area contributed by atoms with E-state index in [0.29, 0.717) is 16.8 Å². The molecule has 0 heterocycles. The highest BCUT2D eigenvalue weighted by Gasteiger charge is 2.14. The van der Waals surface area contributed by atoms with Crippen molar-refractivity contribution in [3.63, 3.8) is 0 Å². The number of nitrogens with one attached hydrogen (secondary N) is 2. The van der Waals surface area contributed by atoms with E-state index in [1.165, 1.54) is 35.3 Å². The second-order valence-electron chi connectivity index (χ2n) is 5.87. The minimum Gasteiger partial charge on any atom is -0.345 e. The summed E-state index contributed by atoms with van der Waals surface area (Å²) in [5, 5.41) is 16.1. The van der Waals surface area contributed by atoms with Gasteiger partial charge in [-0.25, -0.2) is 0 Å². The van der Waals surface area contributed by atoms with E-state index in [0.717, 1.165) is 0 Å². The number of carbonyl (C=O) groups excluding carboxylic acids is 2. The fourth-order valence-electron chi connectivity index (χ4n) is 2.24. The molecule has 0 aromatic heterocycles. The Balaban J connectivity index is 2.02. The van der Waals surface area contributed by atoms with Gasteiger partial charge in [-0.3, -0.25) is 25.0 Å². The monoisotopic (exact) mass is 398 g/mol. The molecule has 0 spiro atoms. The van der Waals surface area contributed by atoms with Gasteiger partial charge in [0, 0.05) is 32.3 Å². The molecule has 0 atom stereocenters. The number of nitro groups is 1. The summed E-state index contributed by atoms with van der Waals surface area (Å²) in [4.78, 5) is 35.9. The molecule has 0 saturated heterocycles. The van der Waals surface area contributed by atoms with Crippen LogP contribution in [0.25, 0.3) is 6.08 Å². The zero-order valence-electron chi connectivity index (χ0n) is 15.2. The Morgan fingerprint density at radius 2 is 1.86 bits per heavy atom. The molecule has 0 radical (unpaired) electrons. The molecule has 0 fully saturated rings. The van der Waals surface area contributed by atoms with E-state index in [4.69, 9.17) is 12.2 Å². The predicted molar refractivity (Wildman–Crippen MR) is 111 cm³/mol. The molecule has 28 heavy (non-hydrogen) atoms. The number of benzene rings is 2. The summed E-state index contributed by atoms with van der Waals surface area (Å²) in [6.45, 7) is 0. The third-order valence-corrected chi connectivity index (χ3v) is 3.76. The second-order valence-corrected chi connectivity index (χ2v) is 6.28. The molecule has 0 aliphatic carbocycles. The van der Waals surface area contributed by atoms with Gasteiger partial charge in [0.15, 0.2) is 5.11 Å². The maximum atomic E-state index is 12.2. The number of non-ortho nitro benzene ring substituents is 1. The Labute approximate surface area is 167 Å². The summed E-state index contributed by atoms with van der Waals surface area (Å²) >= 11 is 5.12. The Morgan fingerprint density at radius 3 is 2.54 bits per heavy atom. The first-order chi connectivity index (χ1) is 13.3. The molecular formula is C19H18N4O4S. The van der Waals surface area contributed by atoms with Crippen molar-refractivity contribution in [2.24, 2.45) is 0 Å². The lowest BCUT2D eigenvalue weighted by Gasteiger charge is -2.15. The summed E-state index contributed by atoms with van der Waals surface area (Å²) in [7, 11) is 3.27.